The molecule has 2 aliphatic rings. The third kappa shape index (κ3) is 2.16. The minimum Gasteiger partial charge on any atom is -0.463 e. The molecular weight excluding hydrogens is 300 g/mol. The predicted molar refractivity (Wildman–Crippen MR) is 71.5 cm³/mol. The molecule has 0 saturated carbocycles. The second-order valence-electron chi connectivity index (χ2n) is 4.98. The Labute approximate surface area is 127 Å². The Morgan fingerprint density at radius 3 is 2.23 bits per heavy atom. The molecule has 2 aliphatic heterocycles. The number of hydrogen-bond acceptors (Lipinski definition) is 5. The lowest BCUT2D eigenvalue weighted by atomic mass is 9.85. The highest BCUT2D eigenvalue weighted by atomic mass is 19.3. The van der Waals surface area contributed by atoms with Crippen molar-refractivity contribution in [2.24, 2.45) is 0 Å². The quantitative estimate of drug-likeness (QED) is 0.570. The van der Waals surface area contributed by atoms with E-state index in [1.165, 1.54) is 17.9 Å². The van der Waals surface area contributed by atoms with Crippen LogP contribution in [0.15, 0.2) is 12.2 Å². The normalized spacial score (nSPS) is 31.1. The Morgan fingerprint density at radius 1 is 1.18 bits per heavy atom. The second-order valence-corrected chi connectivity index (χ2v) is 4.98. The van der Waals surface area contributed by atoms with Gasteiger partial charge in [-0.3, -0.25) is 0 Å². The van der Waals surface area contributed by atoms with Crippen LogP contribution in [0.2, 0.25) is 0 Å². The van der Waals surface area contributed by atoms with Gasteiger partial charge in [-0.25, -0.2) is 9.59 Å². The van der Waals surface area contributed by atoms with Gasteiger partial charge in [0, 0.05) is 13.1 Å². The molecule has 0 aromatic heterocycles. The summed E-state index contributed by atoms with van der Waals surface area (Å²) in [7, 11) is 0. The summed E-state index contributed by atoms with van der Waals surface area (Å²) in [5.41, 5.74) is -2.78. The summed E-state index contributed by atoms with van der Waals surface area (Å²) in [6.07, 6.45) is -1.50. The van der Waals surface area contributed by atoms with Gasteiger partial charge in [-0.2, -0.15) is 8.78 Å². The van der Waals surface area contributed by atoms with E-state index in [0.29, 0.717) is 0 Å². The van der Waals surface area contributed by atoms with E-state index in [0.717, 1.165) is 6.08 Å². The van der Waals surface area contributed by atoms with E-state index in [9.17, 15) is 18.4 Å². The fraction of sp³-hybridized carbons (Fsp3) is 0.714. The molecule has 0 aliphatic carbocycles. The van der Waals surface area contributed by atoms with Crippen molar-refractivity contribution in [3.05, 3.63) is 12.2 Å². The smallest absolute Gasteiger partial charge is 0.411 e. The number of alkyl halides is 2. The number of hydrogen-bond donors (Lipinski definition) is 0. The van der Waals surface area contributed by atoms with Gasteiger partial charge in [0.1, 0.15) is 12.2 Å². The molecule has 124 valence electrons. The molecule has 3 atom stereocenters. The van der Waals surface area contributed by atoms with Gasteiger partial charge in [0.05, 0.1) is 6.61 Å². The molecule has 0 N–H and O–H groups in total. The average molecular weight is 319 g/mol. The minimum absolute atomic E-state index is 0.111. The highest BCUT2D eigenvalue weighted by Crippen LogP contribution is 2.51. The number of fused-ring (bicyclic) bond motifs is 2. The number of esters is 1. The number of ether oxygens (including phenoxy) is 3. The lowest BCUT2D eigenvalue weighted by molar-refractivity contribution is -0.205. The van der Waals surface area contributed by atoms with Crippen LogP contribution >= 0.6 is 0 Å². The Hall–Kier alpha value is -1.70. The first kappa shape index (κ1) is 16.7. The topological polar surface area (TPSA) is 65.1 Å². The molecule has 0 radical (unpaired) electrons. The van der Waals surface area contributed by atoms with Gasteiger partial charge in [0.15, 0.2) is 0 Å². The first-order valence-corrected chi connectivity index (χ1v) is 7.21. The summed E-state index contributed by atoms with van der Waals surface area (Å²) in [6.45, 7) is 5.27. The fourth-order valence-corrected chi connectivity index (χ4v) is 2.63. The van der Waals surface area contributed by atoms with Gasteiger partial charge in [0.25, 0.3) is 0 Å². The van der Waals surface area contributed by atoms with Gasteiger partial charge in [-0.15, -0.1) is 0 Å². The molecule has 6 nitrogen and oxygen atoms in total. The number of rotatable bonds is 5. The highest BCUT2D eigenvalue weighted by molar-refractivity contribution is 5.87. The summed E-state index contributed by atoms with van der Waals surface area (Å²) in [4.78, 5) is 25.5. The highest BCUT2D eigenvalue weighted by Gasteiger charge is 2.78. The van der Waals surface area contributed by atoms with Crippen molar-refractivity contribution in [2.45, 2.75) is 44.5 Å². The molecular formula is C14H19F2NO5. The maximum atomic E-state index is 14.6. The van der Waals surface area contributed by atoms with Gasteiger partial charge >= 0.3 is 23.6 Å². The average Bonchev–Trinajstić information content (AvgIpc) is 3.02. The Kier molecular flexibility index (Phi) is 4.42. The monoisotopic (exact) mass is 319 g/mol. The van der Waals surface area contributed by atoms with Crippen molar-refractivity contribution in [3.8, 4) is 0 Å². The van der Waals surface area contributed by atoms with Crippen molar-refractivity contribution >= 4 is 12.1 Å². The molecule has 8 heteroatoms. The zero-order valence-corrected chi connectivity index (χ0v) is 12.7. The van der Waals surface area contributed by atoms with Crippen molar-refractivity contribution in [1.82, 2.24) is 4.90 Å². The van der Waals surface area contributed by atoms with Crippen LogP contribution in [0.4, 0.5) is 13.6 Å². The van der Waals surface area contributed by atoms with E-state index >= 15 is 0 Å². The Bertz CT molecular complexity index is 492. The maximum Gasteiger partial charge on any atom is 0.411 e. The molecule has 1 saturated heterocycles. The predicted octanol–water partition coefficient (Wildman–Crippen LogP) is 1.74. The second kappa shape index (κ2) is 5.83. The molecule has 2 heterocycles. The number of amides is 1. The van der Waals surface area contributed by atoms with Crippen LogP contribution < -0.4 is 0 Å². The number of halogens is 2. The fourth-order valence-electron chi connectivity index (χ4n) is 2.63. The molecule has 22 heavy (non-hydrogen) atoms. The molecule has 2 rings (SSSR count). The maximum absolute atomic E-state index is 14.6. The number of nitrogens with zero attached hydrogens (tertiary/aromatic N) is 1. The van der Waals surface area contributed by atoms with Gasteiger partial charge in [-0.1, -0.05) is 12.2 Å². The van der Waals surface area contributed by atoms with Crippen LogP contribution in [-0.4, -0.2) is 60.4 Å². The summed E-state index contributed by atoms with van der Waals surface area (Å²) in [6, 6.07) is 0. The van der Waals surface area contributed by atoms with E-state index in [1.807, 2.05) is 0 Å². The van der Waals surface area contributed by atoms with Crippen LogP contribution in [0.25, 0.3) is 0 Å². The lowest BCUT2D eigenvalue weighted by Gasteiger charge is -2.36. The van der Waals surface area contributed by atoms with Crippen LogP contribution in [0.5, 0.6) is 0 Å². The SMILES string of the molecule is CCOC(=O)[C@@]1(OC(=O)N(CC)CC)[C@H]2C=C[C@H](O2)C1(F)F. The number of carbonyl (C=O) groups is 2. The Morgan fingerprint density at radius 2 is 1.77 bits per heavy atom. The van der Waals surface area contributed by atoms with Crippen molar-refractivity contribution in [3.63, 3.8) is 0 Å². The molecule has 0 unspecified atom stereocenters. The van der Waals surface area contributed by atoms with E-state index < -0.39 is 35.8 Å². The summed E-state index contributed by atoms with van der Waals surface area (Å²) in [5, 5.41) is 0. The molecule has 0 aromatic rings. The molecule has 2 bridgehead atoms. The third-order valence-corrected chi connectivity index (χ3v) is 3.86. The van der Waals surface area contributed by atoms with Crippen LogP contribution in [0.3, 0.4) is 0 Å². The first-order chi connectivity index (χ1) is 10.3. The van der Waals surface area contributed by atoms with E-state index in [4.69, 9.17) is 14.2 Å². The van der Waals surface area contributed by atoms with E-state index in [1.54, 1.807) is 13.8 Å². The molecule has 1 fully saturated rings. The standard InChI is InChI=1S/C14H19F2NO5/c1-4-17(5-2)12(19)22-13(11(18)20-6-3)9-7-8-10(21-9)14(13,15)16/h7-10H,4-6H2,1-3H3/t9-,10+,13+/m1/s1. The van der Waals surface area contributed by atoms with Crippen LogP contribution in [-0.2, 0) is 19.0 Å². The van der Waals surface area contributed by atoms with Gasteiger partial charge < -0.3 is 19.1 Å². The lowest BCUT2D eigenvalue weighted by Crippen LogP contribution is -2.64. The van der Waals surface area contributed by atoms with Crippen molar-refractivity contribution < 1.29 is 32.6 Å². The summed E-state index contributed by atoms with van der Waals surface area (Å²) < 4.78 is 44.0. The zero-order valence-electron chi connectivity index (χ0n) is 12.7. The summed E-state index contributed by atoms with van der Waals surface area (Å²) in [5.74, 6) is -4.99. The molecule has 0 spiro atoms. The van der Waals surface area contributed by atoms with E-state index in [2.05, 4.69) is 0 Å². The summed E-state index contributed by atoms with van der Waals surface area (Å²) >= 11 is 0. The van der Waals surface area contributed by atoms with Crippen LogP contribution in [0, 0.1) is 0 Å². The largest absolute Gasteiger partial charge is 0.463 e. The number of carbonyl (C=O) groups excluding carboxylic acids is 2. The first-order valence-electron chi connectivity index (χ1n) is 7.21. The third-order valence-electron chi connectivity index (χ3n) is 3.86. The van der Waals surface area contributed by atoms with Crippen molar-refractivity contribution in [2.75, 3.05) is 19.7 Å². The van der Waals surface area contributed by atoms with Gasteiger partial charge in [0.2, 0.25) is 0 Å². The molecule has 0 aromatic carbocycles. The minimum atomic E-state index is -3.69. The van der Waals surface area contributed by atoms with Gasteiger partial charge in [-0.05, 0) is 20.8 Å². The Balaban J connectivity index is 2.38. The van der Waals surface area contributed by atoms with Crippen molar-refractivity contribution in [1.29, 1.82) is 0 Å². The van der Waals surface area contributed by atoms with E-state index in [-0.39, 0.29) is 19.7 Å². The molecule has 1 amide bonds. The van der Waals surface area contributed by atoms with Crippen LogP contribution in [0.1, 0.15) is 20.8 Å². The zero-order chi connectivity index (χ0) is 16.5.